The molecule has 1 saturated heterocycles. The molecule has 1 unspecified atom stereocenters. The van der Waals surface area contributed by atoms with Gasteiger partial charge in [-0.25, -0.2) is 4.79 Å². The monoisotopic (exact) mass is 239 g/mol. The Bertz CT molecular complexity index is 426. The third kappa shape index (κ3) is 1.79. The lowest BCUT2D eigenvalue weighted by atomic mass is 9.89. The van der Waals surface area contributed by atoms with Crippen molar-refractivity contribution < 1.29 is 24.2 Å². The number of carbonyl (C=O) groups is 3. The van der Waals surface area contributed by atoms with Gasteiger partial charge in [-0.3, -0.25) is 9.59 Å². The number of amides is 1. The number of ether oxygens (including phenoxy) is 1. The van der Waals surface area contributed by atoms with Crippen LogP contribution in [-0.2, 0) is 19.1 Å². The van der Waals surface area contributed by atoms with E-state index in [4.69, 9.17) is 5.11 Å². The Morgan fingerprint density at radius 1 is 1.47 bits per heavy atom. The minimum Gasteiger partial charge on any atom is -0.481 e. The van der Waals surface area contributed by atoms with Crippen molar-refractivity contribution in [2.75, 3.05) is 13.7 Å². The summed E-state index contributed by atoms with van der Waals surface area (Å²) in [6, 6.07) is 0. The van der Waals surface area contributed by atoms with Gasteiger partial charge in [-0.15, -0.1) is 0 Å². The minimum atomic E-state index is -1.15. The molecular formula is C11H13NO5. The Kier molecular flexibility index (Phi) is 2.87. The molecule has 2 rings (SSSR count). The van der Waals surface area contributed by atoms with E-state index < -0.39 is 17.9 Å². The molecule has 0 radical (unpaired) electrons. The molecular weight excluding hydrogens is 226 g/mol. The average Bonchev–Trinajstić information content (AvgIpc) is 2.77. The number of carbonyl (C=O) groups excluding carboxylic acids is 2. The van der Waals surface area contributed by atoms with Crippen LogP contribution in [0.15, 0.2) is 11.3 Å². The SMILES string of the molecule is COC(=O)C1=C2CCCN2C(=O)CC1C(=O)O. The van der Waals surface area contributed by atoms with Crippen molar-refractivity contribution in [3.05, 3.63) is 11.3 Å². The van der Waals surface area contributed by atoms with Gasteiger partial charge in [0.1, 0.15) is 0 Å². The standard InChI is InChI=1S/C11H13NO5/c1-17-11(16)9-6(10(14)15)5-8(13)12-4-2-3-7(9)12/h6H,2-5H2,1H3,(H,14,15). The van der Waals surface area contributed by atoms with Crippen LogP contribution >= 0.6 is 0 Å². The summed E-state index contributed by atoms with van der Waals surface area (Å²) >= 11 is 0. The number of methoxy groups -OCH3 is 1. The molecule has 1 amide bonds. The topological polar surface area (TPSA) is 83.9 Å². The predicted octanol–water partition coefficient (Wildman–Crippen LogP) is 0.140. The number of aliphatic carboxylic acids is 1. The molecule has 0 aromatic heterocycles. The molecule has 2 heterocycles. The number of hydrogen-bond donors (Lipinski definition) is 1. The fourth-order valence-corrected chi connectivity index (χ4v) is 2.40. The molecule has 0 aromatic rings. The van der Waals surface area contributed by atoms with Gasteiger partial charge < -0.3 is 14.7 Å². The molecule has 1 fully saturated rings. The molecule has 92 valence electrons. The first-order valence-corrected chi connectivity index (χ1v) is 5.40. The fraction of sp³-hybridized carbons (Fsp3) is 0.545. The maximum atomic E-state index is 11.7. The van der Waals surface area contributed by atoms with Gasteiger partial charge in [0.25, 0.3) is 0 Å². The van der Waals surface area contributed by atoms with Gasteiger partial charge in [0, 0.05) is 18.7 Å². The predicted molar refractivity (Wildman–Crippen MR) is 55.7 cm³/mol. The number of carboxylic acids is 1. The highest BCUT2D eigenvalue weighted by Gasteiger charge is 2.42. The molecule has 1 N–H and O–H groups in total. The average molecular weight is 239 g/mol. The second kappa shape index (κ2) is 4.20. The molecule has 17 heavy (non-hydrogen) atoms. The van der Waals surface area contributed by atoms with Crippen molar-refractivity contribution in [2.24, 2.45) is 5.92 Å². The van der Waals surface area contributed by atoms with E-state index in [-0.39, 0.29) is 17.9 Å². The van der Waals surface area contributed by atoms with Crippen LogP contribution in [0.2, 0.25) is 0 Å². The van der Waals surface area contributed by atoms with E-state index in [1.807, 2.05) is 0 Å². The Morgan fingerprint density at radius 2 is 2.18 bits per heavy atom. The van der Waals surface area contributed by atoms with Crippen LogP contribution in [0, 0.1) is 5.92 Å². The number of hydrogen-bond acceptors (Lipinski definition) is 4. The summed E-state index contributed by atoms with van der Waals surface area (Å²) in [5, 5.41) is 9.08. The lowest BCUT2D eigenvalue weighted by Crippen LogP contribution is -2.39. The summed E-state index contributed by atoms with van der Waals surface area (Å²) in [6.45, 7) is 0.557. The Morgan fingerprint density at radius 3 is 2.76 bits per heavy atom. The van der Waals surface area contributed by atoms with Gasteiger partial charge in [0.15, 0.2) is 0 Å². The zero-order valence-corrected chi connectivity index (χ0v) is 9.43. The summed E-state index contributed by atoms with van der Waals surface area (Å²) in [4.78, 5) is 36.0. The maximum absolute atomic E-state index is 11.7. The van der Waals surface area contributed by atoms with E-state index >= 15 is 0 Å². The largest absolute Gasteiger partial charge is 0.481 e. The smallest absolute Gasteiger partial charge is 0.336 e. The van der Waals surface area contributed by atoms with E-state index in [2.05, 4.69) is 4.74 Å². The van der Waals surface area contributed by atoms with E-state index in [9.17, 15) is 14.4 Å². The second-order valence-corrected chi connectivity index (χ2v) is 4.10. The molecule has 6 heteroatoms. The molecule has 6 nitrogen and oxygen atoms in total. The highest BCUT2D eigenvalue weighted by molar-refractivity contribution is 6.00. The van der Waals surface area contributed by atoms with Crippen LogP contribution in [0.5, 0.6) is 0 Å². The molecule has 0 aromatic carbocycles. The quantitative estimate of drug-likeness (QED) is 0.693. The summed E-state index contributed by atoms with van der Waals surface area (Å²) in [5.41, 5.74) is 0.664. The van der Waals surface area contributed by atoms with E-state index in [0.29, 0.717) is 18.7 Å². The molecule has 1 atom stereocenters. The second-order valence-electron chi connectivity index (χ2n) is 4.10. The van der Waals surface area contributed by atoms with E-state index in [1.165, 1.54) is 12.0 Å². The molecule has 0 spiro atoms. The van der Waals surface area contributed by atoms with Crippen LogP contribution in [0.25, 0.3) is 0 Å². The highest BCUT2D eigenvalue weighted by atomic mass is 16.5. The first-order valence-electron chi connectivity index (χ1n) is 5.40. The number of nitrogens with zero attached hydrogens (tertiary/aromatic N) is 1. The summed E-state index contributed by atoms with van der Waals surface area (Å²) in [7, 11) is 1.21. The van der Waals surface area contributed by atoms with Crippen LogP contribution in [0.4, 0.5) is 0 Å². The first-order chi connectivity index (χ1) is 8.06. The number of rotatable bonds is 2. The molecule has 2 aliphatic heterocycles. The number of allylic oxidation sites excluding steroid dienone is 1. The van der Waals surface area contributed by atoms with Gasteiger partial charge in [0.05, 0.1) is 18.6 Å². The Balaban J connectivity index is 2.49. The maximum Gasteiger partial charge on any atom is 0.336 e. The zero-order valence-electron chi connectivity index (χ0n) is 9.43. The van der Waals surface area contributed by atoms with Crippen molar-refractivity contribution in [1.29, 1.82) is 0 Å². The highest BCUT2D eigenvalue weighted by Crippen LogP contribution is 2.35. The van der Waals surface area contributed by atoms with Crippen molar-refractivity contribution in [2.45, 2.75) is 19.3 Å². The normalized spacial score (nSPS) is 23.7. The number of fused-ring (bicyclic) bond motifs is 1. The summed E-state index contributed by atoms with van der Waals surface area (Å²) in [5.74, 6) is -3.10. The minimum absolute atomic E-state index is 0.136. The van der Waals surface area contributed by atoms with Gasteiger partial charge in [-0.2, -0.15) is 0 Å². The Labute approximate surface area is 97.8 Å². The lowest BCUT2D eigenvalue weighted by Gasteiger charge is -2.29. The molecule has 0 aliphatic carbocycles. The van der Waals surface area contributed by atoms with Crippen LogP contribution in [0.1, 0.15) is 19.3 Å². The van der Waals surface area contributed by atoms with Crippen LogP contribution < -0.4 is 0 Å². The number of carboxylic acid groups (broad SMARTS) is 1. The lowest BCUT2D eigenvalue weighted by molar-refractivity contribution is -0.148. The van der Waals surface area contributed by atoms with E-state index in [1.54, 1.807) is 0 Å². The van der Waals surface area contributed by atoms with Crippen molar-refractivity contribution in [3.63, 3.8) is 0 Å². The fourth-order valence-electron chi connectivity index (χ4n) is 2.40. The van der Waals surface area contributed by atoms with Gasteiger partial charge in [0.2, 0.25) is 5.91 Å². The van der Waals surface area contributed by atoms with Crippen molar-refractivity contribution in [1.82, 2.24) is 4.90 Å². The van der Waals surface area contributed by atoms with Crippen LogP contribution in [0.3, 0.4) is 0 Å². The first kappa shape index (κ1) is 11.6. The van der Waals surface area contributed by atoms with Gasteiger partial charge >= 0.3 is 11.9 Å². The third-order valence-electron chi connectivity index (χ3n) is 3.16. The van der Waals surface area contributed by atoms with E-state index in [0.717, 1.165) is 6.42 Å². The number of esters is 1. The van der Waals surface area contributed by atoms with Crippen molar-refractivity contribution in [3.8, 4) is 0 Å². The summed E-state index contributed by atoms with van der Waals surface area (Å²) < 4.78 is 4.62. The van der Waals surface area contributed by atoms with Crippen LogP contribution in [-0.4, -0.2) is 41.5 Å². The Hall–Kier alpha value is -1.85. The zero-order chi connectivity index (χ0) is 12.6. The third-order valence-corrected chi connectivity index (χ3v) is 3.16. The molecule has 0 bridgehead atoms. The van der Waals surface area contributed by atoms with Crippen molar-refractivity contribution >= 4 is 17.8 Å². The summed E-state index contributed by atoms with van der Waals surface area (Å²) in [6.07, 6.45) is 1.15. The molecule has 2 aliphatic rings. The van der Waals surface area contributed by atoms with Gasteiger partial charge in [-0.1, -0.05) is 0 Å². The molecule has 0 saturated carbocycles. The van der Waals surface area contributed by atoms with Gasteiger partial charge in [-0.05, 0) is 12.8 Å².